The van der Waals surface area contributed by atoms with Crippen molar-refractivity contribution in [1.82, 2.24) is 10.3 Å². The summed E-state index contributed by atoms with van der Waals surface area (Å²) in [6, 6.07) is 10.1. The molecule has 0 amide bonds. The second kappa shape index (κ2) is 7.64. The largest absolute Gasteiger partial charge is 0.497 e. The molecule has 2 rings (SSSR count). The average molecular weight is 286 g/mol. The van der Waals surface area contributed by atoms with E-state index in [0.29, 0.717) is 5.88 Å². The zero-order valence-corrected chi connectivity index (χ0v) is 12.8. The van der Waals surface area contributed by atoms with E-state index in [1.807, 2.05) is 18.2 Å². The van der Waals surface area contributed by atoms with Gasteiger partial charge in [-0.05, 0) is 47.9 Å². The third-order valence-electron chi connectivity index (χ3n) is 3.31. The van der Waals surface area contributed by atoms with E-state index in [1.54, 1.807) is 20.4 Å². The molecule has 1 aromatic heterocycles. The first-order valence-corrected chi connectivity index (χ1v) is 7.16. The Kier molecular flexibility index (Phi) is 5.58. The van der Waals surface area contributed by atoms with Crippen molar-refractivity contribution in [3.63, 3.8) is 0 Å². The monoisotopic (exact) mass is 286 g/mol. The lowest BCUT2D eigenvalue weighted by molar-refractivity contribution is 0.398. The summed E-state index contributed by atoms with van der Waals surface area (Å²) < 4.78 is 10.5. The van der Waals surface area contributed by atoms with Crippen molar-refractivity contribution in [2.45, 2.75) is 19.9 Å². The van der Waals surface area contributed by atoms with Crippen LogP contribution in [0, 0.1) is 0 Å². The van der Waals surface area contributed by atoms with Crippen LogP contribution in [0.4, 0.5) is 0 Å². The molecule has 0 bridgehead atoms. The fourth-order valence-electron chi connectivity index (χ4n) is 2.21. The number of nitrogens with one attached hydrogen (secondary N) is 1. The number of nitrogens with zero attached hydrogens (tertiary/aromatic N) is 1. The molecule has 0 fully saturated rings. The van der Waals surface area contributed by atoms with Crippen LogP contribution in [0.25, 0.3) is 11.1 Å². The van der Waals surface area contributed by atoms with E-state index in [2.05, 4.69) is 29.4 Å². The van der Waals surface area contributed by atoms with Gasteiger partial charge in [-0.15, -0.1) is 0 Å². The molecule has 2 aromatic rings. The van der Waals surface area contributed by atoms with Crippen LogP contribution in [0.1, 0.15) is 18.9 Å². The average Bonchev–Trinajstić information content (AvgIpc) is 2.55. The van der Waals surface area contributed by atoms with E-state index < -0.39 is 0 Å². The Morgan fingerprint density at radius 3 is 2.67 bits per heavy atom. The smallest absolute Gasteiger partial charge is 0.213 e. The normalized spacial score (nSPS) is 10.4. The number of ether oxygens (including phenoxy) is 2. The number of hydrogen-bond donors (Lipinski definition) is 1. The number of aromatic nitrogens is 1. The molecular weight excluding hydrogens is 264 g/mol. The van der Waals surface area contributed by atoms with Gasteiger partial charge in [-0.25, -0.2) is 4.98 Å². The van der Waals surface area contributed by atoms with Crippen LogP contribution in [0.2, 0.25) is 0 Å². The van der Waals surface area contributed by atoms with E-state index in [-0.39, 0.29) is 0 Å². The molecule has 0 saturated carbocycles. The SMILES string of the molecule is CCCNCc1cc(OC)ccc1-c1ccnc(OC)c1. The number of rotatable bonds is 7. The molecule has 0 spiro atoms. The minimum absolute atomic E-state index is 0.621. The molecule has 0 aliphatic heterocycles. The van der Waals surface area contributed by atoms with Crippen LogP contribution < -0.4 is 14.8 Å². The molecule has 0 radical (unpaired) electrons. The summed E-state index contributed by atoms with van der Waals surface area (Å²) in [4.78, 5) is 4.16. The van der Waals surface area contributed by atoms with Gasteiger partial charge < -0.3 is 14.8 Å². The van der Waals surface area contributed by atoms with Gasteiger partial charge in [0.1, 0.15) is 5.75 Å². The van der Waals surface area contributed by atoms with Crippen molar-refractivity contribution in [3.8, 4) is 22.8 Å². The zero-order chi connectivity index (χ0) is 15.1. The van der Waals surface area contributed by atoms with Crippen LogP contribution >= 0.6 is 0 Å². The van der Waals surface area contributed by atoms with Crippen molar-refractivity contribution in [2.24, 2.45) is 0 Å². The maximum absolute atomic E-state index is 5.33. The molecule has 0 saturated heterocycles. The summed E-state index contributed by atoms with van der Waals surface area (Å²) in [5.41, 5.74) is 3.47. The quantitative estimate of drug-likeness (QED) is 0.793. The van der Waals surface area contributed by atoms with Crippen LogP contribution in [0.5, 0.6) is 11.6 Å². The lowest BCUT2D eigenvalue weighted by atomic mass is 10.00. The summed E-state index contributed by atoms with van der Waals surface area (Å²) in [6.45, 7) is 3.97. The molecule has 4 heteroatoms. The molecule has 112 valence electrons. The molecule has 0 atom stereocenters. The number of hydrogen-bond acceptors (Lipinski definition) is 4. The Hall–Kier alpha value is -2.07. The third-order valence-corrected chi connectivity index (χ3v) is 3.31. The summed E-state index contributed by atoms with van der Waals surface area (Å²) in [6.07, 6.45) is 2.88. The van der Waals surface area contributed by atoms with Crippen LogP contribution in [0.3, 0.4) is 0 Å². The Bertz CT molecular complexity index is 585. The van der Waals surface area contributed by atoms with E-state index in [4.69, 9.17) is 9.47 Å². The second-order valence-electron chi connectivity index (χ2n) is 4.79. The topological polar surface area (TPSA) is 43.4 Å². The fourth-order valence-corrected chi connectivity index (χ4v) is 2.21. The van der Waals surface area contributed by atoms with Crippen LogP contribution in [-0.2, 0) is 6.54 Å². The van der Waals surface area contributed by atoms with Gasteiger partial charge in [0, 0.05) is 18.8 Å². The van der Waals surface area contributed by atoms with E-state index in [9.17, 15) is 0 Å². The van der Waals surface area contributed by atoms with E-state index in [0.717, 1.165) is 30.8 Å². The summed E-state index contributed by atoms with van der Waals surface area (Å²) in [7, 11) is 3.32. The van der Waals surface area contributed by atoms with Gasteiger partial charge in [-0.1, -0.05) is 13.0 Å². The molecular formula is C17H22N2O2. The number of benzene rings is 1. The number of pyridine rings is 1. The summed E-state index contributed by atoms with van der Waals surface area (Å²) in [5.74, 6) is 1.49. The Labute approximate surface area is 126 Å². The number of methoxy groups -OCH3 is 2. The highest BCUT2D eigenvalue weighted by molar-refractivity contribution is 5.69. The molecule has 4 nitrogen and oxygen atoms in total. The molecule has 21 heavy (non-hydrogen) atoms. The van der Waals surface area contributed by atoms with Gasteiger partial charge >= 0.3 is 0 Å². The third kappa shape index (κ3) is 3.95. The first kappa shape index (κ1) is 15.3. The Morgan fingerprint density at radius 2 is 1.95 bits per heavy atom. The standard InChI is InChI=1S/C17H22N2O2/c1-4-8-18-12-14-10-15(20-2)5-6-16(14)13-7-9-19-17(11-13)21-3/h5-7,9-11,18H,4,8,12H2,1-3H3. The maximum Gasteiger partial charge on any atom is 0.213 e. The maximum atomic E-state index is 5.33. The molecule has 0 unspecified atom stereocenters. The highest BCUT2D eigenvalue weighted by Gasteiger charge is 2.08. The zero-order valence-electron chi connectivity index (χ0n) is 12.8. The van der Waals surface area contributed by atoms with Gasteiger partial charge in [-0.2, -0.15) is 0 Å². The van der Waals surface area contributed by atoms with Gasteiger partial charge in [0.05, 0.1) is 14.2 Å². The lowest BCUT2D eigenvalue weighted by Crippen LogP contribution is -2.14. The van der Waals surface area contributed by atoms with E-state index in [1.165, 1.54) is 11.1 Å². The van der Waals surface area contributed by atoms with Crippen molar-refractivity contribution < 1.29 is 9.47 Å². The van der Waals surface area contributed by atoms with Gasteiger partial charge in [-0.3, -0.25) is 0 Å². The molecule has 1 heterocycles. The van der Waals surface area contributed by atoms with Crippen LogP contribution in [0.15, 0.2) is 36.5 Å². The lowest BCUT2D eigenvalue weighted by Gasteiger charge is -2.13. The van der Waals surface area contributed by atoms with Gasteiger partial charge in [0.2, 0.25) is 5.88 Å². The molecule has 0 aliphatic carbocycles. The fraction of sp³-hybridized carbons (Fsp3) is 0.353. The summed E-state index contributed by atoms with van der Waals surface area (Å²) >= 11 is 0. The predicted octanol–water partition coefficient (Wildman–Crippen LogP) is 3.27. The van der Waals surface area contributed by atoms with Gasteiger partial charge in [0.15, 0.2) is 0 Å². The Balaban J connectivity index is 2.35. The minimum atomic E-state index is 0.621. The second-order valence-corrected chi connectivity index (χ2v) is 4.79. The molecule has 1 aromatic carbocycles. The first-order chi connectivity index (χ1) is 10.3. The highest BCUT2D eigenvalue weighted by atomic mass is 16.5. The highest BCUT2D eigenvalue weighted by Crippen LogP contribution is 2.28. The first-order valence-electron chi connectivity index (χ1n) is 7.16. The minimum Gasteiger partial charge on any atom is -0.497 e. The van der Waals surface area contributed by atoms with Crippen molar-refractivity contribution >= 4 is 0 Å². The molecule has 0 aliphatic rings. The van der Waals surface area contributed by atoms with Crippen LogP contribution in [-0.4, -0.2) is 25.7 Å². The molecule has 1 N–H and O–H groups in total. The van der Waals surface area contributed by atoms with Gasteiger partial charge in [0.25, 0.3) is 0 Å². The predicted molar refractivity (Wildman–Crippen MR) is 84.8 cm³/mol. The van der Waals surface area contributed by atoms with Crippen molar-refractivity contribution in [1.29, 1.82) is 0 Å². The van der Waals surface area contributed by atoms with Crippen molar-refractivity contribution in [2.75, 3.05) is 20.8 Å². The van der Waals surface area contributed by atoms with E-state index >= 15 is 0 Å². The Morgan fingerprint density at radius 1 is 1.10 bits per heavy atom. The summed E-state index contributed by atoms with van der Waals surface area (Å²) in [5, 5.41) is 3.44. The van der Waals surface area contributed by atoms with Crippen molar-refractivity contribution in [3.05, 3.63) is 42.1 Å².